The maximum absolute atomic E-state index is 6.08. The third-order valence-electron chi connectivity index (χ3n) is 2.73. The highest BCUT2D eigenvalue weighted by molar-refractivity contribution is 6.31. The predicted molar refractivity (Wildman–Crippen MR) is 81.1 cm³/mol. The number of nitrogens with zero attached hydrogens (tertiary/aromatic N) is 1. The highest BCUT2D eigenvalue weighted by atomic mass is 35.5. The minimum Gasteiger partial charge on any atom is -0.493 e. The molecule has 0 fully saturated rings. The van der Waals surface area contributed by atoms with Crippen molar-refractivity contribution in [1.82, 2.24) is 0 Å². The van der Waals surface area contributed by atoms with Gasteiger partial charge in [0.05, 0.1) is 12.3 Å². The minimum absolute atomic E-state index is 0.640. The van der Waals surface area contributed by atoms with Crippen LogP contribution in [0.3, 0.4) is 0 Å². The van der Waals surface area contributed by atoms with E-state index in [1.165, 1.54) is 0 Å². The monoisotopic (exact) mass is 273 g/mol. The summed E-state index contributed by atoms with van der Waals surface area (Å²) in [6.07, 6.45) is 1.80. The van der Waals surface area contributed by atoms with Gasteiger partial charge in [0.15, 0.2) is 0 Å². The maximum atomic E-state index is 6.08. The van der Waals surface area contributed by atoms with Crippen LogP contribution >= 0.6 is 11.6 Å². The number of hydrogen-bond acceptors (Lipinski definition) is 2. The lowest BCUT2D eigenvalue weighted by Gasteiger charge is -2.05. The molecule has 2 rings (SSSR count). The molecule has 0 spiro atoms. The number of halogens is 1. The van der Waals surface area contributed by atoms with Crippen molar-refractivity contribution in [3.8, 4) is 5.75 Å². The van der Waals surface area contributed by atoms with Gasteiger partial charge in [0.25, 0.3) is 0 Å². The van der Waals surface area contributed by atoms with Crippen molar-refractivity contribution in [1.29, 1.82) is 0 Å². The average molecular weight is 274 g/mol. The quantitative estimate of drug-likeness (QED) is 0.734. The third kappa shape index (κ3) is 3.58. The van der Waals surface area contributed by atoms with E-state index in [1.807, 2.05) is 56.3 Å². The first kappa shape index (κ1) is 13.6. The first-order valence-corrected chi connectivity index (χ1v) is 6.60. The Morgan fingerprint density at radius 3 is 2.74 bits per heavy atom. The van der Waals surface area contributed by atoms with Crippen molar-refractivity contribution in [3.63, 3.8) is 0 Å². The second-order valence-corrected chi connectivity index (χ2v) is 4.57. The van der Waals surface area contributed by atoms with Crippen LogP contribution in [0.1, 0.15) is 18.1 Å². The van der Waals surface area contributed by atoms with Crippen molar-refractivity contribution >= 4 is 23.5 Å². The topological polar surface area (TPSA) is 21.6 Å². The largest absolute Gasteiger partial charge is 0.493 e. The SMILES string of the molecule is CCOc1ccccc1C=Nc1ccc(C)c(Cl)c1. The molecule has 0 aliphatic heterocycles. The fourth-order valence-electron chi connectivity index (χ4n) is 1.68. The molecule has 0 N–H and O–H groups in total. The van der Waals surface area contributed by atoms with Gasteiger partial charge in [0.1, 0.15) is 5.75 Å². The van der Waals surface area contributed by atoms with Crippen LogP contribution in [0.2, 0.25) is 5.02 Å². The van der Waals surface area contributed by atoms with Gasteiger partial charge >= 0.3 is 0 Å². The molecule has 2 nitrogen and oxygen atoms in total. The first-order chi connectivity index (χ1) is 9.20. The zero-order chi connectivity index (χ0) is 13.7. The van der Waals surface area contributed by atoms with Crippen LogP contribution in [-0.4, -0.2) is 12.8 Å². The Morgan fingerprint density at radius 1 is 1.21 bits per heavy atom. The van der Waals surface area contributed by atoms with Gasteiger partial charge in [0, 0.05) is 16.8 Å². The van der Waals surface area contributed by atoms with E-state index >= 15 is 0 Å². The van der Waals surface area contributed by atoms with Gasteiger partial charge in [0.2, 0.25) is 0 Å². The standard InChI is InChI=1S/C16H16ClNO/c1-3-19-16-7-5-4-6-13(16)11-18-14-9-8-12(2)15(17)10-14/h4-11H,3H2,1-2H3. The number of benzene rings is 2. The second kappa shape index (κ2) is 6.39. The molecule has 19 heavy (non-hydrogen) atoms. The zero-order valence-electron chi connectivity index (χ0n) is 11.1. The molecule has 0 aliphatic rings. The van der Waals surface area contributed by atoms with Crippen LogP contribution in [0.4, 0.5) is 5.69 Å². The summed E-state index contributed by atoms with van der Waals surface area (Å²) in [5.74, 6) is 0.840. The lowest BCUT2D eigenvalue weighted by atomic mass is 10.2. The summed E-state index contributed by atoms with van der Waals surface area (Å²) in [7, 11) is 0. The molecule has 0 saturated heterocycles. The van der Waals surface area contributed by atoms with Gasteiger partial charge in [-0.05, 0) is 43.7 Å². The number of aryl methyl sites for hydroxylation is 1. The molecule has 0 saturated carbocycles. The van der Waals surface area contributed by atoms with E-state index in [4.69, 9.17) is 16.3 Å². The van der Waals surface area contributed by atoms with Crippen LogP contribution in [0, 0.1) is 6.92 Å². The molecule has 0 atom stereocenters. The van der Waals surface area contributed by atoms with Crippen molar-refractivity contribution in [3.05, 3.63) is 58.6 Å². The molecule has 3 heteroatoms. The molecule has 0 bridgehead atoms. The highest BCUT2D eigenvalue weighted by Gasteiger charge is 2.00. The Labute approximate surface area is 118 Å². The van der Waals surface area contributed by atoms with E-state index in [2.05, 4.69) is 4.99 Å². The van der Waals surface area contributed by atoms with Crippen LogP contribution in [0.15, 0.2) is 47.5 Å². The van der Waals surface area contributed by atoms with E-state index in [0.29, 0.717) is 6.61 Å². The lowest BCUT2D eigenvalue weighted by molar-refractivity contribution is 0.340. The molecular weight excluding hydrogens is 258 g/mol. The summed E-state index contributed by atoms with van der Waals surface area (Å²) in [5.41, 5.74) is 2.85. The van der Waals surface area contributed by atoms with Crippen molar-refractivity contribution in [2.45, 2.75) is 13.8 Å². The average Bonchev–Trinajstić information content (AvgIpc) is 2.42. The fourth-order valence-corrected chi connectivity index (χ4v) is 1.86. The highest BCUT2D eigenvalue weighted by Crippen LogP contribution is 2.23. The van der Waals surface area contributed by atoms with Gasteiger partial charge in [-0.25, -0.2) is 0 Å². The van der Waals surface area contributed by atoms with Gasteiger partial charge in [-0.15, -0.1) is 0 Å². The molecule has 2 aromatic rings. The molecule has 98 valence electrons. The molecule has 2 aromatic carbocycles. The number of hydrogen-bond donors (Lipinski definition) is 0. The summed E-state index contributed by atoms with van der Waals surface area (Å²) in [6, 6.07) is 13.6. The molecule has 0 radical (unpaired) electrons. The Morgan fingerprint density at radius 2 is 2.00 bits per heavy atom. The Bertz CT molecular complexity index is 593. The fraction of sp³-hybridized carbons (Fsp3) is 0.188. The summed E-state index contributed by atoms with van der Waals surface area (Å²) in [6.45, 7) is 4.58. The Hall–Kier alpha value is -1.80. The van der Waals surface area contributed by atoms with Crippen molar-refractivity contribution in [2.24, 2.45) is 4.99 Å². The van der Waals surface area contributed by atoms with E-state index in [1.54, 1.807) is 6.21 Å². The van der Waals surface area contributed by atoms with Crippen LogP contribution in [0.5, 0.6) is 5.75 Å². The van der Waals surface area contributed by atoms with Crippen LogP contribution in [-0.2, 0) is 0 Å². The molecule has 0 aliphatic carbocycles. The number of rotatable bonds is 4. The van der Waals surface area contributed by atoms with E-state index < -0.39 is 0 Å². The predicted octanol–water partition coefficient (Wildman–Crippen LogP) is 4.80. The van der Waals surface area contributed by atoms with Crippen molar-refractivity contribution in [2.75, 3.05) is 6.61 Å². The van der Waals surface area contributed by atoms with Gasteiger partial charge in [-0.2, -0.15) is 0 Å². The smallest absolute Gasteiger partial charge is 0.128 e. The summed E-state index contributed by atoms with van der Waals surface area (Å²) in [4.78, 5) is 4.43. The van der Waals surface area contributed by atoms with Crippen LogP contribution < -0.4 is 4.74 Å². The zero-order valence-corrected chi connectivity index (χ0v) is 11.8. The van der Waals surface area contributed by atoms with Gasteiger partial charge < -0.3 is 4.74 Å². The maximum Gasteiger partial charge on any atom is 0.128 e. The van der Waals surface area contributed by atoms with Gasteiger partial charge in [-0.3, -0.25) is 4.99 Å². The third-order valence-corrected chi connectivity index (χ3v) is 3.13. The Kier molecular flexibility index (Phi) is 4.58. The minimum atomic E-state index is 0.640. The summed E-state index contributed by atoms with van der Waals surface area (Å²) in [5, 5.41) is 0.729. The molecule has 0 amide bonds. The normalized spacial score (nSPS) is 10.9. The van der Waals surface area contributed by atoms with E-state index in [-0.39, 0.29) is 0 Å². The summed E-state index contributed by atoms with van der Waals surface area (Å²) >= 11 is 6.08. The molecule has 0 unspecified atom stereocenters. The van der Waals surface area contributed by atoms with E-state index in [0.717, 1.165) is 27.6 Å². The van der Waals surface area contributed by atoms with E-state index in [9.17, 15) is 0 Å². The Balaban J connectivity index is 2.24. The molecule has 0 heterocycles. The van der Waals surface area contributed by atoms with Crippen LogP contribution in [0.25, 0.3) is 0 Å². The van der Waals surface area contributed by atoms with Crippen molar-refractivity contribution < 1.29 is 4.74 Å². The molecular formula is C16H16ClNO. The lowest BCUT2D eigenvalue weighted by Crippen LogP contribution is -1.95. The number of para-hydroxylation sites is 1. The van der Waals surface area contributed by atoms with Gasteiger partial charge in [-0.1, -0.05) is 29.8 Å². The number of aliphatic imine (C=N–C) groups is 1. The number of ether oxygens (including phenoxy) is 1. The first-order valence-electron chi connectivity index (χ1n) is 6.22. The molecule has 0 aromatic heterocycles. The summed E-state index contributed by atoms with van der Waals surface area (Å²) < 4.78 is 5.55. The second-order valence-electron chi connectivity index (χ2n) is 4.16.